The van der Waals surface area contributed by atoms with Gasteiger partial charge in [0, 0.05) is 15.4 Å². The molecule has 3 heteroatoms. The summed E-state index contributed by atoms with van der Waals surface area (Å²) >= 11 is 4.83. The van der Waals surface area contributed by atoms with Gasteiger partial charge in [0.15, 0.2) is 0 Å². The highest BCUT2D eigenvalue weighted by Gasteiger charge is 2.14. The van der Waals surface area contributed by atoms with Crippen LogP contribution in [0.2, 0.25) is 0 Å². The molecule has 16 heavy (non-hydrogen) atoms. The van der Waals surface area contributed by atoms with Crippen LogP contribution in [0.3, 0.4) is 0 Å². The summed E-state index contributed by atoms with van der Waals surface area (Å²) < 4.78 is 0.964. The number of aryl methyl sites for hydroxylation is 1. The van der Waals surface area contributed by atoms with Gasteiger partial charge in [-0.05, 0) is 47.0 Å². The molecular formula is C13H11BrOS. The predicted octanol–water partition coefficient (Wildman–Crippen LogP) is 4.36. The van der Waals surface area contributed by atoms with Crippen molar-refractivity contribution in [1.82, 2.24) is 0 Å². The zero-order valence-corrected chi connectivity index (χ0v) is 11.5. The van der Waals surface area contributed by atoms with Gasteiger partial charge in [-0.2, -0.15) is 0 Å². The maximum atomic E-state index is 12.2. The number of carbonyl (C=O) groups excluding carboxylic acids is 1. The Morgan fingerprint density at radius 1 is 1.31 bits per heavy atom. The second-order valence-corrected chi connectivity index (χ2v) is 5.53. The van der Waals surface area contributed by atoms with E-state index in [4.69, 9.17) is 0 Å². The van der Waals surface area contributed by atoms with Crippen molar-refractivity contribution in [3.05, 3.63) is 55.7 Å². The van der Waals surface area contributed by atoms with Crippen LogP contribution in [0.5, 0.6) is 0 Å². The molecule has 0 saturated carbocycles. The fourth-order valence-corrected chi connectivity index (χ4v) is 2.94. The van der Waals surface area contributed by atoms with Crippen molar-refractivity contribution in [3.8, 4) is 0 Å². The quantitative estimate of drug-likeness (QED) is 0.752. The van der Waals surface area contributed by atoms with Crippen LogP contribution < -0.4 is 0 Å². The molecule has 0 spiro atoms. The number of halogens is 1. The summed E-state index contributed by atoms with van der Waals surface area (Å²) in [5.74, 6) is 0.108. The standard InChI is InChI=1S/C13H11BrOS/c1-8-4-3-5-11(9(8)2)13(15)12-6-10(14)7-16-12/h3-7H,1-2H3. The molecule has 0 aliphatic rings. The molecule has 0 radical (unpaired) electrons. The molecule has 0 aliphatic carbocycles. The van der Waals surface area contributed by atoms with Gasteiger partial charge in [0.2, 0.25) is 5.78 Å². The van der Waals surface area contributed by atoms with Gasteiger partial charge in [0.25, 0.3) is 0 Å². The summed E-state index contributed by atoms with van der Waals surface area (Å²) in [6.07, 6.45) is 0. The molecule has 1 aromatic carbocycles. The predicted molar refractivity (Wildman–Crippen MR) is 71.4 cm³/mol. The zero-order chi connectivity index (χ0) is 11.7. The van der Waals surface area contributed by atoms with Gasteiger partial charge in [0.05, 0.1) is 4.88 Å². The minimum Gasteiger partial charge on any atom is -0.288 e. The van der Waals surface area contributed by atoms with Crippen LogP contribution >= 0.6 is 27.3 Å². The normalized spacial score (nSPS) is 10.4. The summed E-state index contributed by atoms with van der Waals surface area (Å²) in [6, 6.07) is 7.71. The number of benzene rings is 1. The van der Waals surface area contributed by atoms with Gasteiger partial charge in [-0.1, -0.05) is 18.2 Å². The van der Waals surface area contributed by atoms with Crippen LogP contribution in [0.4, 0.5) is 0 Å². The number of carbonyl (C=O) groups is 1. The molecule has 2 aromatic rings. The Bertz CT molecular complexity index is 543. The minimum absolute atomic E-state index is 0.108. The average molecular weight is 295 g/mol. The van der Waals surface area contributed by atoms with E-state index in [0.29, 0.717) is 0 Å². The van der Waals surface area contributed by atoms with E-state index < -0.39 is 0 Å². The fraction of sp³-hybridized carbons (Fsp3) is 0.154. The maximum absolute atomic E-state index is 12.2. The summed E-state index contributed by atoms with van der Waals surface area (Å²) in [4.78, 5) is 13.0. The van der Waals surface area contributed by atoms with Gasteiger partial charge < -0.3 is 0 Å². The lowest BCUT2D eigenvalue weighted by atomic mass is 9.99. The van der Waals surface area contributed by atoms with Crippen molar-refractivity contribution in [2.75, 3.05) is 0 Å². The van der Waals surface area contributed by atoms with Crippen LogP contribution in [0.1, 0.15) is 26.4 Å². The van der Waals surface area contributed by atoms with Crippen LogP contribution in [0.15, 0.2) is 34.1 Å². The molecule has 2 rings (SSSR count). The lowest BCUT2D eigenvalue weighted by Crippen LogP contribution is -2.02. The highest BCUT2D eigenvalue weighted by Crippen LogP contribution is 2.24. The average Bonchev–Trinajstić information content (AvgIpc) is 2.68. The topological polar surface area (TPSA) is 17.1 Å². The third-order valence-electron chi connectivity index (χ3n) is 2.64. The molecule has 1 heterocycles. The number of thiophene rings is 1. The number of rotatable bonds is 2. The van der Waals surface area contributed by atoms with Crippen LogP contribution in [0.25, 0.3) is 0 Å². The van der Waals surface area contributed by atoms with Gasteiger partial charge in [-0.15, -0.1) is 11.3 Å². The first-order chi connectivity index (χ1) is 7.59. The summed E-state index contributed by atoms with van der Waals surface area (Å²) in [7, 11) is 0. The van der Waals surface area contributed by atoms with Crippen LogP contribution in [-0.4, -0.2) is 5.78 Å². The highest BCUT2D eigenvalue weighted by molar-refractivity contribution is 9.10. The van der Waals surface area contributed by atoms with Crippen LogP contribution in [0, 0.1) is 13.8 Å². The Morgan fingerprint density at radius 2 is 2.06 bits per heavy atom. The summed E-state index contributed by atoms with van der Waals surface area (Å²) in [6.45, 7) is 4.02. The first kappa shape index (κ1) is 11.6. The second kappa shape index (κ2) is 4.52. The van der Waals surface area contributed by atoms with Crippen molar-refractivity contribution in [2.45, 2.75) is 13.8 Å². The SMILES string of the molecule is Cc1cccc(C(=O)c2cc(Br)cs2)c1C. The molecule has 0 saturated heterocycles. The first-order valence-corrected chi connectivity index (χ1v) is 6.62. The van der Waals surface area contributed by atoms with Gasteiger partial charge >= 0.3 is 0 Å². The number of hydrogen-bond donors (Lipinski definition) is 0. The van der Waals surface area contributed by atoms with Crippen molar-refractivity contribution in [1.29, 1.82) is 0 Å². The minimum atomic E-state index is 0.108. The number of hydrogen-bond acceptors (Lipinski definition) is 2. The molecule has 0 aliphatic heterocycles. The Morgan fingerprint density at radius 3 is 2.69 bits per heavy atom. The smallest absolute Gasteiger partial charge is 0.203 e. The number of ketones is 1. The van der Waals surface area contributed by atoms with Gasteiger partial charge in [0.1, 0.15) is 0 Å². The molecule has 0 atom stereocenters. The van der Waals surface area contributed by atoms with Gasteiger partial charge in [-0.25, -0.2) is 0 Å². The Balaban J connectivity index is 2.45. The van der Waals surface area contributed by atoms with E-state index in [1.54, 1.807) is 0 Å². The van der Waals surface area contributed by atoms with Crippen molar-refractivity contribution < 1.29 is 4.79 Å². The van der Waals surface area contributed by atoms with Crippen molar-refractivity contribution in [3.63, 3.8) is 0 Å². The van der Waals surface area contributed by atoms with E-state index in [2.05, 4.69) is 15.9 Å². The second-order valence-electron chi connectivity index (χ2n) is 3.71. The monoisotopic (exact) mass is 294 g/mol. The maximum Gasteiger partial charge on any atom is 0.203 e. The molecule has 82 valence electrons. The van der Waals surface area contributed by atoms with Crippen LogP contribution in [-0.2, 0) is 0 Å². The fourth-order valence-electron chi connectivity index (χ4n) is 1.56. The van der Waals surface area contributed by atoms with E-state index in [1.165, 1.54) is 11.3 Å². The Hall–Kier alpha value is -0.930. The molecule has 0 amide bonds. The molecule has 0 N–H and O–H groups in total. The van der Waals surface area contributed by atoms with E-state index in [9.17, 15) is 4.79 Å². The van der Waals surface area contributed by atoms with Crippen molar-refractivity contribution in [2.24, 2.45) is 0 Å². The first-order valence-electron chi connectivity index (χ1n) is 4.94. The van der Waals surface area contributed by atoms with Crippen molar-refractivity contribution >= 4 is 33.0 Å². The molecule has 0 bridgehead atoms. The molecular weight excluding hydrogens is 284 g/mol. The third-order valence-corrected chi connectivity index (χ3v) is 4.33. The molecule has 1 aromatic heterocycles. The molecule has 0 unspecified atom stereocenters. The molecule has 1 nitrogen and oxygen atoms in total. The van der Waals surface area contributed by atoms with E-state index in [-0.39, 0.29) is 5.78 Å². The van der Waals surface area contributed by atoms with E-state index in [0.717, 1.165) is 26.0 Å². The Labute approximate surface area is 107 Å². The van der Waals surface area contributed by atoms with E-state index >= 15 is 0 Å². The third kappa shape index (κ3) is 2.11. The van der Waals surface area contributed by atoms with Gasteiger partial charge in [-0.3, -0.25) is 4.79 Å². The van der Waals surface area contributed by atoms with E-state index in [1.807, 2.05) is 43.5 Å². The zero-order valence-electron chi connectivity index (χ0n) is 9.08. The largest absolute Gasteiger partial charge is 0.288 e. The lowest BCUT2D eigenvalue weighted by Gasteiger charge is -2.05. The summed E-state index contributed by atoms with van der Waals surface area (Å²) in [5, 5.41) is 1.93. The molecule has 0 fully saturated rings. The Kier molecular flexibility index (Phi) is 3.26. The lowest BCUT2D eigenvalue weighted by molar-refractivity contribution is 0.104. The highest BCUT2D eigenvalue weighted by atomic mass is 79.9. The summed E-state index contributed by atoms with van der Waals surface area (Å²) in [5.41, 5.74) is 3.02.